The van der Waals surface area contributed by atoms with Gasteiger partial charge in [0, 0.05) is 12.8 Å². The SMILES string of the molecule is O=Cc1ccc(OC2CCOCC2)cn1. The van der Waals surface area contributed by atoms with Crippen LogP contribution in [-0.4, -0.2) is 30.6 Å². The Bertz CT molecular complexity index is 317. The number of ether oxygens (including phenoxy) is 2. The van der Waals surface area contributed by atoms with Gasteiger partial charge in [0.15, 0.2) is 6.29 Å². The zero-order valence-electron chi connectivity index (χ0n) is 8.39. The summed E-state index contributed by atoms with van der Waals surface area (Å²) in [4.78, 5) is 14.3. The van der Waals surface area contributed by atoms with E-state index in [0.717, 1.165) is 32.3 Å². The fraction of sp³-hybridized carbons (Fsp3) is 0.455. The zero-order valence-corrected chi connectivity index (χ0v) is 8.39. The molecule has 1 aliphatic rings. The molecule has 80 valence electrons. The van der Waals surface area contributed by atoms with Gasteiger partial charge in [-0.1, -0.05) is 0 Å². The van der Waals surface area contributed by atoms with Gasteiger partial charge < -0.3 is 9.47 Å². The van der Waals surface area contributed by atoms with Crippen LogP contribution in [0.1, 0.15) is 23.3 Å². The fourth-order valence-corrected chi connectivity index (χ4v) is 1.52. The van der Waals surface area contributed by atoms with Crippen molar-refractivity contribution in [3.63, 3.8) is 0 Å². The summed E-state index contributed by atoms with van der Waals surface area (Å²) < 4.78 is 10.9. The van der Waals surface area contributed by atoms with E-state index in [0.29, 0.717) is 11.4 Å². The second-order valence-electron chi connectivity index (χ2n) is 3.47. The maximum absolute atomic E-state index is 10.4. The normalized spacial score (nSPS) is 17.3. The van der Waals surface area contributed by atoms with Crippen LogP contribution in [0.3, 0.4) is 0 Å². The molecule has 4 heteroatoms. The lowest BCUT2D eigenvalue weighted by Crippen LogP contribution is -2.25. The largest absolute Gasteiger partial charge is 0.489 e. The second-order valence-corrected chi connectivity index (χ2v) is 3.47. The van der Waals surface area contributed by atoms with Gasteiger partial charge in [-0.2, -0.15) is 0 Å². The highest BCUT2D eigenvalue weighted by Crippen LogP contribution is 2.16. The first kappa shape index (κ1) is 10.1. The van der Waals surface area contributed by atoms with Crippen LogP contribution in [0.15, 0.2) is 18.3 Å². The van der Waals surface area contributed by atoms with E-state index in [1.807, 2.05) is 0 Å². The highest BCUT2D eigenvalue weighted by atomic mass is 16.5. The quantitative estimate of drug-likeness (QED) is 0.704. The van der Waals surface area contributed by atoms with E-state index in [1.54, 1.807) is 18.3 Å². The van der Waals surface area contributed by atoms with Crippen LogP contribution in [0.2, 0.25) is 0 Å². The van der Waals surface area contributed by atoms with Crippen LogP contribution < -0.4 is 4.74 Å². The van der Waals surface area contributed by atoms with Gasteiger partial charge in [-0.25, -0.2) is 4.98 Å². The molecule has 2 heterocycles. The van der Waals surface area contributed by atoms with E-state index in [2.05, 4.69) is 4.98 Å². The molecule has 0 saturated carbocycles. The highest BCUT2D eigenvalue weighted by molar-refractivity contribution is 5.71. The number of aldehydes is 1. The Labute approximate surface area is 88.2 Å². The number of pyridine rings is 1. The Morgan fingerprint density at radius 3 is 2.80 bits per heavy atom. The van der Waals surface area contributed by atoms with Crippen LogP contribution in [0.25, 0.3) is 0 Å². The standard InChI is InChI=1S/C11H13NO3/c13-8-9-1-2-11(7-12-9)15-10-3-5-14-6-4-10/h1-2,7-8,10H,3-6H2. The molecule has 0 atom stereocenters. The third-order valence-corrected chi connectivity index (χ3v) is 2.35. The summed E-state index contributed by atoms with van der Waals surface area (Å²) in [5.41, 5.74) is 0.425. The summed E-state index contributed by atoms with van der Waals surface area (Å²) in [6, 6.07) is 3.42. The lowest BCUT2D eigenvalue weighted by atomic mass is 10.1. The summed E-state index contributed by atoms with van der Waals surface area (Å²) in [6.45, 7) is 1.51. The molecule has 0 N–H and O–H groups in total. The van der Waals surface area contributed by atoms with Gasteiger partial charge in [0.1, 0.15) is 17.5 Å². The maximum Gasteiger partial charge on any atom is 0.168 e. The lowest BCUT2D eigenvalue weighted by molar-refractivity contribution is 0.0254. The first-order valence-electron chi connectivity index (χ1n) is 5.04. The second kappa shape index (κ2) is 4.89. The molecule has 1 saturated heterocycles. The third kappa shape index (κ3) is 2.76. The monoisotopic (exact) mass is 207 g/mol. The predicted octanol–water partition coefficient (Wildman–Crippen LogP) is 1.45. The van der Waals surface area contributed by atoms with E-state index in [1.165, 1.54) is 0 Å². The van der Waals surface area contributed by atoms with Gasteiger partial charge in [-0.3, -0.25) is 4.79 Å². The molecule has 1 aromatic rings. The fourth-order valence-electron chi connectivity index (χ4n) is 1.52. The van der Waals surface area contributed by atoms with Crippen LogP contribution >= 0.6 is 0 Å². The summed E-state index contributed by atoms with van der Waals surface area (Å²) in [6.07, 6.45) is 4.34. The molecule has 0 radical (unpaired) electrons. The van der Waals surface area contributed by atoms with Crippen molar-refractivity contribution in [3.05, 3.63) is 24.0 Å². The van der Waals surface area contributed by atoms with Crippen LogP contribution in [0.4, 0.5) is 0 Å². The molecule has 0 unspecified atom stereocenters. The summed E-state index contributed by atoms with van der Waals surface area (Å²) in [5.74, 6) is 0.715. The molecule has 15 heavy (non-hydrogen) atoms. The number of hydrogen-bond acceptors (Lipinski definition) is 4. The van der Waals surface area contributed by atoms with Crippen molar-refractivity contribution in [2.24, 2.45) is 0 Å². The number of nitrogens with zero attached hydrogens (tertiary/aromatic N) is 1. The van der Waals surface area contributed by atoms with Crippen LogP contribution in [0, 0.1) is 0 Å². The van der Waals surface area contributed by atoms with E-state index in [-0.39, 0.29) is 6.10 Å². The van der Waals surface area contributed by atoms with Crippen molar-refractivity contribution in [1.29, 1.82) is 0 Å². The topological polar surface area (TPSA) is 48.4 Å². The number of carbonyl (C=O) groups excluding carboxylic acids is 1. The molecular weight excluding hydrogens is 194 g/mol. The van der Waals surface area contributed by atoms with Crippen molar-refractivity contribution in [2.75, 3.05) is 13.2 Å². The van der Waals surface area contributed by atoms with Crippen molar-refractivity contribution in [3.8, 4) is 5.75 Å². The Balaban J connectivity index is 1.94. The molecule has 2 rings (SSSR count). The number of aromatic nitrogens is 1. The molecule has 0 spiro atoms. The lowest BCUT2D eigenvalue weighted by Gasteiger charge is -2.23. The average Bonchev–Trinajstić information content (AvgIpc) is 2.31. The molecule has 1 aromatic heterocycles. The zero-order chi connectivity index (χ0) is 10.5. The smallest absolute Gasteiger partial charge is 0.168 e. The predicted molar refractivity (Wildman–Crippen MR) is 54.1 cm³/mol. The average molecular weight is 207 g/mol. The maximum atomic E-state index is 10.4. The highest BCUT2D eigenvalue weighted by Gasteiger charge is 2.15. The molecule has 0 aromatic carbocycles. The minimum absolute atomic E-state index is 0.211. The van der Waals surface area contributed by atoms with Gasteiger partial charge in [0.25, 0.3) is 0 Å². The van der Waals surface area contributed by atoms with Crippen LogP contribution in [0.5, 0.6) is 5.75 Å². The molecule has 0 bridgehead atoms. The molecule has 1 fully saturated rings. The first-order chi connectivity index (χ1) is 7.38. The van der Waals surface area contributed by atoms with E-state index >= 15 is 0 Å². The molecule has 1 aliphatic heterocycles. The Morgan fingerprint density at radius 1 is 1.40 bits per heavy atom. The van der Waals surface area contributed by atoms with Crippen molar-refractivity contribution < 1.29 is 14.3 Å². The minimum atomic E-state index is 0.211. The Morgan fingerprint density at radius 2 is 2.20 bits per heavy atom. The first-order valence-corrected chi connectivity index (χ1v) is 5.04. The number of rotatable bonds is 3. The molecule has 0 amide bonds. The molecular formula is C11H13NO3. The molecule has 4 nitrogen and oxygen atoms in total. The molecule has 0 aliphatic carbocycles. The van der Waals surface area contributed by atoms with E-state index in [4.69, 9.17) is 9.47 Å². The summed E-state index contributed by atoms with van der Waals surface area (Å²) >= 11 is 0. The van der Waals surface area contributed by atoms with Gasteiger partial charge in [-0.15, -0.1) is 0 Å². The Kier molecular flexibility index (Phi) is 3.29. The van der Waals surface area contributed by atoms with Gasteiger partial charge >= 0.3 is 0 Å². The van der Waals surface area contributed by atoms with Crippen molar-refractivity contribution in [2.45, 2.75) is 18.9 Å². The van der Waals surface area contributed by atoms with Gasteiger partial charge in [0.05, 0.1) is 19.4 Å². The summed E-state index contributed by atoms with van der Waals surface area (Å²) in [7, 11) is 0. The van der Waals surface area contributed by atoms with Crippen molar-refractivity contribution >= 4 is 6.29 Å². The van der Waals surface area contributed by atoms with Crippen molar-refractivity contribution in [1.82, 2.24) is 4.98 Å². The van der Waals surface area contributed by atoms with E-state index < -0.39 is 0 Å². The van der Waals surface area contributed by atoms with E-state index in [9.17, 15) is 4.79 Å². The van der Waals surface area contributed by atoms with Crippen LogP contribution in [-0.2, 0) is 4.74 Å². The summed E-state index contributed by atoms with van der Waals surface area (Å²) in [5, 5.41) is 0. The number of carbonyl (C=O) groups is 1. The third-order valence-electron chi connectivity index (χ3n) is 2.35. The van der Waals surface area contributed by atoms with Gasteiger partial charge in [-0.05, 0) is 12.1 Å². The number of hydrogen-bond donors (Lipinski definition) is 0. The Hall–Kier alpha value is -1.42. The van der Waals surface area contributed by atoms with Gasteiger partial charge in [0.2, 0.25) is 0 Å². The minimum Gasteiger partial charge on any atom is -0.489 e.